The number of rotatable bonds is 6. The van der Waals surface area contributed by atoms with Crippen molar-refractivity contribution in [3.05, 3.63) is 23.8 Å². The van der Waals surface area contributed by atoms with Gasteiger partial charge in [0.1, 0.15) is 17.4 Å². The Morgan fingerprint density at radius 1 is 1.48 bits per heavy atom. The molecule has 1 saturated carbocycles. The third kappa shape index (κ3) is 4.73. The molecule has 0 heterocycles. The number of carbonyl (C=O) groups is 1. The molecule has 0 radical (unpaired) electrons. The molecule has 0 aliphatic heterocycles. The van der Waals surface area contributed by atoms with E-state index in [4.69, 9.17) is 9.47 Å². The van der Waals surface area contributed by atoms with Crippen LogP contribution in [0.3, 0.4) is 0 Å². The molecule has 1 fully saturated rings. The number of anilines is 1. The maximum Gasteiger partial charge on any atom is 0.256 e. The lowest BCUT2D eigenvalue weighted by molar-refractivity contribution is -0.143. The van der Waals surface area contributed by atoms with Gasteiger partial charge in [0.2, 0.25) is 0 Å². The van der Waals surface area contributed by atoms with Gasteiger partial charge < -0.3 is 14.8 Å². The number of hydrogen-bond donors (Lipinski definition) is 1. The Morgan fingerprint density at radius 3 is 2.84 bits per heavy atom. The predicted octanol–water partition coefficient (Wildman–Crippen LogP) is 4.13. The molecule has 1 N–H and O–H groups in total. The first-order chi connectivity index (χ1) is 11.9. The van der Waals surface area contributed by atoms with Gasteiger partial charge in [-0.3, -0.25) is 4.79 Å². The minimum atomic E-state index is -0.808. The van der Waals surface area contributed by atoms with Crippen LogP contribution in [0.25, 0.3) is 0 Å². The second kappa shape index (κ2) is 8.35. The number of amides is 1. The molecule has 0 spiro atoms. The molecule has 2 atom stereocenters. The fraction of sp³-hybridized carbons (Fsp3) is 0.600. The van der Waals surface area contributed by atoms with Gasteiger partial charge in [0.25, 0.3) is 5.91 Å². The molecule has 0 unspecified atom stereocenters. The van der Waals surface area contributed by atoms with E-state index in [2.05, 4.69) is 32.2 Å². The Morgan fingerprint density at radius 2 is 2.24 bits per heavy atom. The van der Waals surface area contributed by atoms with E-state index in [-0.39, 0.29) is 5.91 Å². The molecule has 136 valence electrons. The molecule has 1 aromatic carbocycles. The zero-order chi connectivity index (χ0) is 18.4. The number of ether oxygens (including phenoxy) is 2. The molecular formula is C20H28N2O3. The maximum atomic E-state index is 12.9. The third-order valence-electron chi connectivity index (χ3n) is 4.70. The van der Waals surface area contributed by atoms with E-state index in [9.17, 15) is 10.1 Å². The Hall–Kier alpha value is -2.06. The molecule has 1 aromatic rings. The average molecular weight is 344 g/mol. The summed E-state index contributed by atoms with van der Waals surface area (Å²) in [7, 11) is 1.59. The molecule has 1 aliphatic carbocycles. The molecule has 1 amide bonds. The van der Waals surface area contributed by atoms with Crippen LogP contribution in [0.2, 0.25) is 0 Å². The maximum absolute atomic E-state index is 12.9. The van der Waals surface area contributed by atoms with E-state index in [0.717, 1.165) is 12.8 Å². The van der Waals surface area contributed by atoms with Gasteiger partial charge in [-0.15, -0.1) is 0 Å². The monoisotopic (exact) mass is 344 g/mol. The molecule has 2 rings (SSSR count). The molecule has 0 bridgehead atoms. The van der Waals surface area contributed by atoms with Crippen molar-refractivity contribution in [3.8, 4) is 11.8 Å². The second-order valence-corrected chi connectivity index (χ2v) is 7.38. The van der Waals surface area contributed by atoms with Crippen molar-refractivity contribution in [3.63, 3.8) is 0 Å². The fourth-order valence-electron chi connectivity index (χ4n) is 3.30. The summed E-state index contributed by atoms with van der Waals surface area (Å²) in [5.41, 5.74) is 0.0840. The number of methoxy groups -OCH3 is 1. The second-order valence-electron chi connectivity index (χ2n) is 7.38. The van der Waals surface area contributed by atoms with Crippen LogP contribution >= 0.6 is 0 Å². The highest BCUT2D eigenvalue weighted by molar-refractivity contribution is 5.98. The highest BCUT2D eigenvalue weighted by Crippen LogP contribution is 2.36. The summed E-state index contributed by atoms with van der Waals surface area (Å²) in [6.07, 6.45) is 3.49. The zero-order valence-corrected chi connectivity index (χ0v) is 15.6. The summed E-state index contributed by atoms with van der Waals surface area (Å²) in [4.78, 5) is 12.9. The van der Waals surface area contributed by atoms with Crippen molar-refractivity contribution in [2.45, 2.75) is 52.1 Å². The molecule has 5 nitrogen and oxygen atoms in total. The summed E-state index contributed by atoms with van der Waals surface area (Å²) in [6, 6.07) is 7.31. The summed E-state index contributed by atoms with van der Waals surface area (Å²) in [6.45, 7) is 6.85. The number of nitrogens with one attached hydrogen (secondary N) is 1. The highest BCUT2D eigenvalue weighted by Gasteiger charge is 2.42. The van der Waals surface area contributed by atoms with Crippen LogP contribution in [-0.2, 0) is 9.53 Å². The van der Waals surface area contributed by atoms with E-state index >= 15 is 0 Å². The van der Waals surface area contributed by atoms with Gasteiger partial charge in [-0.1, -0.05) is 27.2 Å². The van der Waals surface area contributed by atoms with Crippen LogP contribution in [0.4, 0.5) is 5.69 Å². The zero-order valence-electron chi connectivity index (χ0n) is 15.6. The Balaban J connectivity index is 2.15. The largest absolute Gasteiger partial charge is 0.493 e. The standard InChI is InChI=1S/C20H28N2O3/c1-14(2)13-25-17-7-8-18(16(10-17)12-21)22-19(23)20(24-4)9-5-6-15(3)11-20/h7-8,10,14-15H,5-6,9,11,13H2,1-4H3,(H,22,23)/t15-,20-/m0/s1. The molecule has 0 saturated heterocycles. The lowest BCUT2D eigenvalue weighted by Crippen LogP contribution is -2.48. The van der Waals surface area contributed by atoms with Crippen LogP contribution in [0.15, 0.2) is 18.2 Å². The van der Waals surface area contributed by atoms with Gasteiger partial charge in [0.15, 0.2) is 0 Å². The van der Waals surface area contributed by atoms with Crippen molar-refractivity contribution < 1.29 is 14.3 Å². The lowest BCUT2D eigenvalue weighted by Gasteiger charge is -2.37. The summed E-state index contributed by atoms with van der Waals surface area (Å²) in [5, 5.41) is 12.3. The SMILES string of the molecule is CO[C@@]1(C(=O)Nc2ccc(OCC(C)C)cc2C#N)CCC[C@H](C)C1. The van der Waals surface area contributed by atoms with Gasteiger partial charge in [-0.25, -0.2) is 0 Å². The number of nitriles is 1. The number of hydrogen-bond acceptors (Lipinski definition) is 4. The van der Waals surface area contributed by atoms with Gasteiger partial charge in [0, 0.05) is 7.11 Å². The van der Waals surface area contributed by atoms with E-state index in [0.29, 0.717) is 48.3 Å². The van der Waals surface area contributed by atoms with Crippen molar-refractivity contribution in [1.29, 1.82) is 5.26 Å². The normalized spacial score (nSPS) is 23.1. The smallest absolute Gasteiger partial charge is 0.256 e. The minimum Gasteiger partial charge on any atom is -0.493 e. The first-order valence-electron chi connectivity index (χ1n) is 8.93. The van der Waals surface area contributed by atoms with Gasteiger partial charge in [-0.05, 0) is 49.3 Å². The predicted molar refractivity (Wildman–Crippen MR) is 97.5 cm³/mol. The molecule has 5 heteroatoms. The molecule has 1 aliphatic rings. The number of benzene rings is 1. The van der Waals surface area contributed by atoms with E-state index in [1.807, 2.05) is 0 Å². The summed E-state index contributed by atoms with van der Waals surface area (Å²) >= 11 is 0. The van der Waals surface area contributed by atoms with Gasteiger partial charge in [0.05, 0.1) is 17.9 Å². The molecular weight excluding hydrogens is 316 g/mol. The van der Waals surface area contributed by atoms with Gasteiger partial charge in [-0.2, -0.15) is 5.26 Å². The Kier molecular flexibility index (Phi) is 6.44. The topological polar surface area (TPSA) is 71.3 Å². The van der Waals surface area contributed by atoms with E-state index < -0.39 is 5.60 Å². The van der Waals surface area contributed by atoms with Crippen LogP contribution in [0.1, 0.15) is 52.0 Å². The van der Waals surface area contributed by atoms with Crippen LogP contribution in [0, 0.1) is 23.2 Å². The summed E-state index contributed by atoms with van der Waals surface area (Å²) in [5.74, 6) is 1.31. The van der Waals surface area contributed by atoms with Crippen LogP contribution in [-0.4, -0.2) is 25.2 Å². The van der Waals surface area contributed by atoms with E-state index in [1.54, 1.807) is 25.3 Å². The Labute approximate surface area is 150 Å². The Bertz CT molecular complexity index is 651. The summed E-state index contributed by atoms with van der Waals surface area (Å²) < 4.78 is 11.3. The van der Waals surface area contributed by atoms with Crippen molar-refractivity contribution in [2.24, 2.45) is 11.8 Å². The lowest BCUT2D eigenvalue weighted by atomic mass is 9.78. The quantitative estimate of drug-likeness (QED) is 0.842. The first kappa shape index (κ1) is 19.3. The average Bonchev–Trinajstić information content (AvgIpc) is 2.60. The number of nitrogens with zero attached hydrogens (tertiary/aromatic N) is 1. The van der Waals surface area contributed by atoms with Crippen LogP contribution in [0.5, 0.6) is 5.75 Å². The minimum absolute atomic E-state index is 0.172. The van der Waals surface area contributed by atoms with Crippen molar-refractivity contribution >= 4 is 11.6 Å². The number of carbonyl (C=O) groups excluding carboxylic acids is 1. The molecule has 25 heavy (non-hydrogen) atoms. The van der Waals surface area contributed by atoms with Crippen molar-refractivity contribution in [1.82, 2.24) is 0 Å². The van der Waals surface area contributed by atoms with Gasteiger partial charge >= 0.3 is 0 Å². The molecule has 0 aromatic heterocycles. The highest BCUT2D eigenvalue weighted by atomic mass is 16.5. The first-order valence-corrected chi connectivity index (χ1v) is 8.93. The van der Waals surface area contributed by atoms with E-state index in [1.165, 1.54) is 0 Å². The van der Waals surface area contributed by atoms with Crippen molar-refractivity contribution in [2.75, 3.05) is 19.0 Å². The van der Waals surface area contributed by atoms with Crippen LogP contribution < -0.4 is 10.1 Å². The third-order valence-corrected chi connectivity index (χ3v) is 4.70. The fourth-order valence-corrected chi connectivity index (χ4v) is 3.30.